The number of hydrogen-bond acceptors (Lipinski definition) is 5. The molecule has 3 heterocycles. The molecule has 2 N–H and O–H groups in total. The summed E-state index contributed by atoms with van der Waals surface area (Å²) in [4.78, 5) is 40.6. The zero-order chi connectivity index (χ0) is 22.2. The number of piperazine rings is 1. The summed E-state index contributed by atoms with van der Waals surface area (Å²) in [6.07, 6.45) is 1.75. The highest BCUT2D eigenvalue weighted by atomic mass is 19.1. The third-order valence-electron chi connectivity index (χ3n) is 5.65. The normalized spacial score (nSPS) is 21.3. The molecule has 4 amide bonds. The lowest BCUT2D eigenvalue weighted by Gasteiger charge is -2.36. The molecule has 2 aliphatic heterocycles. The van der Waals surface area contributed by atoms with Gasteiger partial charge in [0.15, 0.2) is 5.54 Å². The fraction of sp³-hybridized carbons (Fsp3) is 0.400. The van der Waals surface area contributed by atoms with Crippen molar-refractivity contribution in [3.63, 3.8) is 0 Å². The first-order valence-electron chi connectivity index (χ1n) is 9.89. The zero-order valence-electron chi connectivity index (χ0n) is 16.9. The number of halogens is 2. The molecule has 1 atom stereocenters. The molecule has 0 saturated carbocycles. The van der Waals surface area contributed by atoms with E-state index in [1.54, 1.807) is 24.2 Å². The molecular formula is C20H22F2N6O3. The molecule has 2 aromatic rings. The van der Waals surface area contributed by atoms with Gasteiger partial charge >= 0.3 is 6.03 Å². The largest absolute Gasteiger partial charge is 0.368 e. The highest BCUT2D eigenvalue weighted by Crippen LogP contribution is 2.29. The molecule has 1 aromatic carbocycles. The number of aryl methyl sites for hydroxylation is 1. The number of anilines is 1. The van der Waals surface area contributed by atoms with Crippen LogP contribution in [0, 0.1) is 11.6 Å². The lowest BCUT2D eigenvalue weighted by molar-refractivity contribution is -0.132. The number of carbonyl (C=O) groups excluding carboxylic acids is 3. The zero-order valence-corrected chi connectivity index (χ0v) is 16.9. The monoisotopic (exact) mass is 432 g/mol. The Bertz CT molecular complexity index is 1010. The molecule has 0 aliphatic carbocycles. The van der Waals surface area contributed by atoms with Gasteiger partial charge in [-0.25, -0.2) is 13.6 Å². The minimum atomic E-state index is -1.39. The number of aromatic nitrogens is 2. The van der Waals surface area contributed by atoms with Crippen molar-refractivity contribution in [2.75, 3.05) is 31.1 Å². The van der Waals surface area contributed by atoms with Gasteiger partial charge in [0, 0.05) is 57.6 Å². The van der Waals surface area contributed by atoms with Gasteiger partial charge in [-0.15, -0.1) is 0 Å². The van der Waals surface area contributed by atoms with Crippen LogP contribution in [0.4, 0.5) is 19.3 Å². The summed E-state index contributed by atoms with van der Waals surface area (Å²) in [6.45, 7) is 1.62. The Hall–Kier alpha value is -3.50. The third-order valence-corrected chi connectivity index (χ3v) is 5.65. The Morgan fingerprint density at radius 2 is 1.81 bits per heavy atom. The van der Waals surface area contributed by atoms with Gasteiger partial charge < -0.3 is 15.1 Å². The van der Waals surface area contributed by atoms with E-state index in [1.165, 1.54) is 16.8 Å². The second kappa shape index (κ2) is 7.97. The Morgan fingerprint density at radius 3 is 2.35 bits per heavy atom. The number of amides is 4. The fourth-order valence-electron chi connectivity index (χ4n) is 4.01. The maximum atomic E-state index is 13.5. The van der Waals surface area contributed by atoms with Crippen LogP contribution >= 0.6 is 0 Å². The maximum absolute atomic E-state index is 13.5. The summed E-state index contributed by atoms with van der Waals surface area (Å²) in [5.74, 6) is -2.01. The van der Waals surface area contributed by atoms with E-state index in [0.29, 0.717) is 37.6 Å². The lowest BCUT2D eigenvalue weighted by Crippen LogP contribution is -2.50. The van der Waals surface area contributed by atoms with Crippen LogP contribution < -0.4 is 15.5 Å². The predicted octanol–water partition coefficient (Wildman–Crippen LogP) is 0.862. The van der Waals surface area contributed by atoms with Crippen LogP contribution in [0.3, 0.4) is 0 Å². The summed E-state index contributed by atoms with van der Waals surface area (Å²) in [7, 11) is 1.70. The van der Waals surface area contributed by atoms with Crippen LogP contribution in [-0.4, -0.2) is 58.7 Å². The Balaban J connectivity index is 1.39. The van der Waals surface area contributed by atoms with Gasteiger partial charge in [-0.3, -0.25) is 19.6 Å². The average Bonchev–Trinajstić information content (AvgIpc) is 3.28. The fourth-order valence-corrected chi connectivity index (χ4v) is 4.01. The summed E-state index contributed by atoms with van der Waals surface area (Å²) in [5.41, 5.74) is -0.595. The topological polar surface area (TPSA) is 99.6 Å². The smallest absolute Gasteiger partial charge is 0.322 e. The van der Waals surface area contributed by atoms with Gasteiger partial charge in [0.05, 0.1) is 5.69 Å². The van der Waals surface area contributed by atoms with E-state index in [-0.39, 0.29) is 18.7 Å². The van der Waals surface area contributed by atoms with Crippen molar-refractivity contribution in [1.82, 2.24) is 25.3 Å². The SMILES string of the molecule is Cn1ccc(C2(CCC(=O)N3CCN(c4cc(F)cc(F)c4)CC3)NC(=O)NC2=O)n1. The average molecular weight is 432 g/mol. The molecule has 0 radical (unpaired) electrons. The molecule has 1 aromatic heterocycles. The van der Waals surface area contributed by atoms with Crippen molar-refractivity contribution in [1.29, 1.82) is 0 Å². The van der Waals surface area contributed by atoms with E-state index < -0.39 is 29.1 Å². The van der Waals surface area contributed by atoms with Crippen LogP contribution in [0.25, 0.3) is 0 Å². The van der Waals surface area contributed by atoms with Crippen LogP contribution in [0.2, 0.25) is 0 Å². The number of imide groups is 1. The summed E-state index contributed by atoms with van der Waals surface area (Å²) in [6, 6.07) is 4.35. The molecule has 9 nitrogen and oxygen atoms in total. The van der Waals surface area contributed by atoms with Gasteiger partial charge in [-0.05, 0) is 24.6 Å². The van der Waals surface area contributed by atoms with Crippen LogP contribution in [0.5, 0.6) is 0 Å². The number of nitrogens with zero attached hydrogens (tertiary/aromatic N) is 4. The third kappa shape index (κ3) is 4.07. The highest BCUT2D eigenvalue weighted by Gasteiger charge is 2.49. The van der Waals surface area contributed by atoms with Crippen molar-refractivity contribution >= 4 is 23.5 Å². The summed E-state index contributed by atoms with van der Waals surface area (Å²) in [5, 5.41) is 9.09. The Labute approximate surface area is 177 Å². The molecule has 31 heavy (non-hydrogen) atoms. The summed E-state index contributed by atoms with van der Waals surface area (Å²) < 4.78 is 28.5. The quantitative estimate of drug-likeness (QED) is 0.683. The predicted molar refractivity (Wildman–Crippen MR) is 106 cm³/mol. The van der Waals surface area contributed by atoms with Crippen LogP contribution in [0.15, 0.2) is 30.5 Å². The Morgan fingerprint density at radius 1 is 1.13 bits per heavy atom. The number of urea groups is 1. The number of rotatable bonds is 5. The second-order valence-electron chi connectivity index (χ2n) is 7.68. The van der Waals surface area contributed by atoms with Crippen molar-refractivity contribution in [2.24, 2.45) is 7.05 Å². The van der Waals surface area contributed by atoms with Gasteiger partial charge in [-0.1, -0.05) is 0 Å². The van der Waals surface area contributed by atoms with Crippen molar-refractivity contribution in [3.05, 3.63) is 47.8 Å². The van der Waals surface area contributed by atoms with Crippen LogP contribution in [-0.2, 0) is 22.2 Å². The number of carbonyl (C=O) groups is 3. The van der Waals surface area contributed by atoms with E-state index >= 15 is 0 Å². The Kier molecular flexibility index (Phi) is 5.34. The van der Waals surface area contributed by atoms with E-state index in [0.717, 1.165) is 6.07 Å². The molecule has 2 fully saturated rings. The molecule has 0 spiro atoms. The minimum absolute atomic E-state index is 0.0267. The first-order chi connectivity index (χ1) is 14.8. The molecule has 1 unspecified atom stereocenters. The number of benzene rings is 1. The molecule has 2 saturated heterocycles. The van der Waals surface area contributed by atoms with Gasteiger partial charge in [0.1, 0.15) is 11.6 Å². The van der Waals surface area contributed by atoms with Crippen LogP contribution in [0.1, 0.15) is 18.5 Å². The molecular weight excluding hydrogens is 410 g/mol. The molecule has 4 rings (SSSR count). The standard InChI is InChI=1S/C20H22F2N6O3/c1-26-5-3-16(25-26)20(18(30)23-19(31)24-20)4-2-17(29)28-8-6-27(7-9-28)15-11-13(21)10-14(22)12-15/h3,5,10-12H,2,4,6-9H2,1H3,(H2,23,24,30,31). The number of nitrogens with one attached hydrogen (secondary N) is 2. The van der Waals surface area contributed by atoms with E-state index in [2.05, 4.69) is 15.7 Å². The molecule has 2 aliphatic rings. The first kappa shape index (κ1) is 20.8. The first-order valence-corrected chi connectivity index (χ1v) is 9.89. The van der Waals surface area contributed by atoms with E-state index in [9.17, 15) is 23.2 Å². The number of hydrogen-bond donors (Lipinski definition) is 2. The van der Waals surface area contributed by atoms with Crippen molar-refractivity contribution in [2.45, 2.75) is 18.4 Å². The second-order valence-corrected chi connectivity index (χ2v) is 7.68. The van der Waals surface area contributed by atoms with E-state index in [1.807, 2.05) is 4.90 Å². The van der Waals surface area contributed by atoms with Crippen molar-refractivity contribution < 1.29 is 23.2 Å². The minimum Gasteiger partial charge on any atom is -0.368 e. The lowest BCUT2D eigenvalue weighted by atomic mass is 9.89. The van der Waals surface area contributed by atoms with Crippen molar-refractivity contribution in [3.8, 4) is 0 Å². The van der Waals surface area contributed by atoms with Gasteiger partial charge in [-0.2, -0.15) is 5.10 Å². The van der Waals surface area contributed by atoms with Gasteiger partial charge in [0.25, 0.3) is 5.91 Å². The molecule has 0 bridgehead atoms. The van der Waals surface area contributed by atoms with Gasteiger partial charge in [0.2, 0.25) is 5.91 Å². The molecule has 164 valence electrons. The summed E-state index contributed by atoms with van der Waals surface area (Å²) >= 11 is 0. The molecule has 11 heteroatoms. The maximum Gasteiger partial charge on any atom is 0.322 e. The highest BCUT2D eigenvalue weighted by molar-refractivity contribution is 6.07. The van der Waals surface area contributed by atoms with E-state index in [4.69, 9.17) is 0 Å².